The molecule has 0 aliphatic carbocycles. The van der Waals surface area contributed by atoms with Gasteiger partial charge in [-0.15, -0.1) is 0 Å². The topological polar surface area (TPSA) is 90.3 Å². The van der Waals surface area contributed by atoms with Crippen LogP contribution in [-0.4, -0.2) is 59.3 Å². The number of para-hydroxylation sites is 2. The van der Waals surface area contributed by atoms with E-state index in [1.54, 1.807) is 0 Å². The molecule has 0 unspecified atom stereocenters. The number of rotatable bonds is 10. The van der Waals surface area contributed by atoms with Crippen LogP contribution in [0.4, 0.5) is 11.4 Å². The van der Waals surface area contributed by atoms with E-state index < -0.39 is 11.9 Å². The third kappa shape index (κ3) is 10.1. The van der Waals surface area contributed by atoms with Crippen molar-refractivity contribution in [2.45, 2.75) is 32.3 Å². The number of piperidine rings is 1. The number of hydrogen-bond acceptors (Lipinski definition) is 5. The van der Waals surface area contributed by atoms with Crippen LogP contribution in [-0.2, 0) is 9.59 Å². The standard InChI is InChI=1S/C27H32N2O.C4H4O4/c1-23-10-8-15-27(22-23)30-26-16-20-28(21-17-26)18-9-19-29(24-11-4-2-5-12-24)25-13-6-3-7-14-25;5-3(6)1-2-4(7)8/h2-8,10-15,22,26H,9,16-21H2,1H3;1-2H,(H,5,6)(H,7,8)/b;2-1+. The molecule has 0 bridgehead atoms. The molecule has 1 heterocycles. The highest BCUT2D eigenvalue weighted by atomic mass is 16.5. The van der Waals surface area contributed by atoms with Crippen LogP contribution in [0.3, 0.4) is 0 Å². The molecule has 7 nitrogen and oxygen atoms in total. The second-order valence-corrected chi connectivity index (χ2v) is 9.16. The summed E-state index contributed by atoms with van der Waals surface area (Å²) in [6, 6.07) is 29.8. The Bertz CT molecular complexity index is 1100. The number of ether oxygens (including phenoxy) is 1. The largest absolute Gasteiger partial charge is 0.490 e. The van der Waals surface area contributed by atoms with Crippen LogP contribution in [0.2, 0.25) is 0 Å². The first-order valence-corrected chi connectivity index (χ1v) is 12.9. The van der Waals surface area contributed by atoms with Gasteiger partial charge in [0.1, 0.15) is 11.9 Å². The molecule has 4 rings (SSSR count). The Morgan fingerprint density at radius 2 is 1.42 bits per heavy atom. The summed E-state index contributed by atoms with van der Waals surface area (Å²) in [6.07, 6.45) is 4.82. The molecular weight excluding hydrogens is 480 g/mol. The molecule has 0 amide bonds. The van der Waals surface area contributed by atoms with Gasteiger partial charge in [0, 0.05) is 43.2 Å². The highest BCUT2D eigenvalue weighted by Gasteiger charge is 2.20. The van der Waals surface area contributed by atoms with Crippen molar-refractivity contribution < 1.29 is 24.5 Å². The summed E-state index contributed by atoms with van der Waals surface area (Å²) in [5.74, 6) is -1.50. The zero-order valence-corrected chi connectivity index (χ0v) is 21.8. The van der Waals surface area contributed by atoms with Crippen LogP contribution in [0.25, 0.3) is 0 Å². The van der Waals surface area contributed by atoms with Gasteiger partial charge in [-0.1, -0.05) is 48.5 Å². The molecule has 1 aliphatic heterocycles. The Labute approximate surface area is 224 Å². The number of benzene rings is 3. The summed E-state index contributed by atoms with van der Waals surface area (Å²) in [5, 5.41) is 15.6. The van der Waals surface area contributed by atoms with Gasteiger partial charge in [0.05, 0.1) is 0 Å². The Morgan fingerprint density at radius 3 is 1.92 bits per heavy atom. The van der Waals surface area contributed by atoms with Crippen molar-refractivity contribution in [1.29, 1.82) is 0 Å². The molecule has 0 radical (unpaired) electrons. The van der Waals surface area contributed by atoms with Gasteiger partial charge in [0.2, 0.25) is 0 Å². The van der Waals surface area contributed by atoms with Gasteiger partial charge in [-0.3, -0.25) is 0 Å². The summed E-state index contributed by atoms with van der Waals surface area (Å²) < 4.78 is 6.21. The van der Waals surface area contributed by atoms with Gasteiger partial charge in [-0.25, -0.2) is 9.59 Å². The minimum absolute atomic E-state index is 0.341. The minimum Gasteiger partial charge on any atom is -0.490 e. The smallest absolute Gasteiger partial charge is 0.328 e. The molecule has 200 valence electrons. The van der Waals surface area contributed by atoms with Gasteiger partial charge >= 0.3 is 11.9 Å². The van der Waals surface area contributed by atoms with E-state index in [1.165, 1.54) is 16.9 Å². The molecule has 1 saturated heterocycles. The average Bonchev–Trinajstić information content (AvgIpc) is 2.92. The van der Waals surface area contributed by atoms with Crippen molar-refractivity contribution in [2.75, 3.05) is 31.1 Å². The zero-order valence-electron chi connectivity index (χ0n) is 21.8. The molecular formula is C31H36N2O5. The average molecular weight is 517 g/mol. The Hall–Kier alpha value is -4.10. The van der Waals surface area contributed by atoms with Gasteiger partial charge in [-0.05, 0) is 74.7 Å². The summed E-state index contributed by atoms with van der Waals surface area (Å²) in [6.45, 7) is 6.50. The van der Waals surface area contributed by atoms with E-state index in [-0.39, 0.29) is 0 Å². The SMILES string of the molecule is Cc1cccc(OC2CCN(CCCN(c3ccccc3)c3ccccc3)CC2)c1.O=C(O)/C=C/C(=O)O. The second-order valence-electron chi connectivity index (χ2n) is 9.16. The van der Waals surface area contributed by atoms with E-state index >= 15 is 0 Å². The summed E-state index contributed by atoms with van der Waals surface area (Å²) >= 11 is 0. The number of likely N-dealkylation sites (tertiary alicyclic amines) is 1. The number of hydrogen-bond donors (Lipinski definition) is 2. The first kappa shape index (κ1) is 28.5. The fourth-order valence-corrected chi connectivity index (χ4v) is 4.35. The Balaban J connectivity index is 0.000000436. The number of nitrogens with zero attached hydrogens (tertiary/aromatic N) is 2. The van der Waals surface area contributed by atoms with Gasteiger partial charge in [0.25, 0.3) is 0 Å². The van der Waals surface area contributed by atoms with E-state index in [1.807, 2.05) is 0 Å². The maximum absolute atomic E-state index is 9.55. The molecule has 3 aromatic carbocycles. The molecule has 0 saturated carbocycles. The third-order valence-corrected chi connectivity index (χ3v) is 6.19. The van der Waals surface area contributed by atoms with Crippen molar-refractivity contribution in [3.8, 4) is 5.75 Å². The van der Waals surface area contributed by atoms with Crippen LogP contribution in [0.5, 0.6) is 5.75 Å². The molecule has 0 atom stereocenters. The van der Waals surface area contributed by atoms with E-state index in [0.717, 1.165) is 51.2 Å². The maximum Gasteiger partial charge on any atom is 0.328 e. The lowest BCUT2D eigenvalue weighted by atomic mass is 10.1. The predicted octanol–water partition coefficient (Wildman–Crippen LogP) is 5.78. The molecule has 3 aromatic rings. The molecule has 1 fully saturated rings. The number of carboxylic acid groups (broad SMARTS) is 2. The lowest BCUT2D eigenvalue weighted by Crippen LogP contribution is -2.39. The summed E-state index contributed by atoms with van der Waals surface area (Å²) in [5.41, 5.74) is 3.77. The van der Waals surface area contributed by atoms with Crippen molar-refractivity contribution in [3.05, 3.63) is 103 Å². The van der Waals surface area contributed by atoms with E-state index in [2.05, 4.69) is 102 Å². The molecule has 38 heavy (non-hydrogen) atoms. The lowest BCUT2D eigenvalue weighted by molar-refractivity contribution is -0.134. The van der Waals surface area contributed by atoms with Gasteiger partial charge in [0.15, 0.2) is 0 Å². The highest BCUT2D eigenvalue weighted by molar-refractivity contribution is 5.89. The molecule has 7 heteroatoms. The normalized spacial score (nSPS) is 13.9. The van der Waals surface area contributed by atoms with Gasteiger partial charge in [-0.2, -0.15) is 0 Å². The van der Waals surface area contributed by atoms with Crippen molar-refractivity contribution in [3.63, 3.8) is 0 Å². The molecule has 0 spiro atoms. The first-order valence-electron chi connectivity index (χ1n) is 12.9. The van der Waals surface area contributed by atoms with Gasteiger partial charge < -0.3 is 24.7 Å². The Morgan fingerprint density at radius 1 is 0.868 bits per heavy atom. The maximum atomic E-state index is 9.55. The van der Waals surface area contributed by atoms with Crippen LogP contribution in [0, 0.1) is 6.92 Å². The van der Waals surface area contributed by atoms with Crippen molar-refractivity contribution >= 4 is 23.3 Å². The van der Waals surface area contributed by atoms with E-state index in [9.17, 15) is 9.59 Å². The number of carbonyl (C=O) groups is 2. The second kappa shape index (κ2) is 15.2. The van der Waals surface area contributed by atoms with Crippen molar-refractivity contribution in [2.24, 2.45) is 0 Å². The first-order chi connectivity index (χ1) is 18.4. The van der Waals surface area contributed by atoms with Crippen molar-refractivity contribution in [1.82, 2.24) is 4.90 Å². The monoisotopic (exact) mass is 516 g/mol. The third-order valence-electron chi connectivity index (χ3n) is 6.19. The number of carboxylic acids is 2. The molecule has 1 aliphatic rings. The Kier molecular flexibility index (Phi) is 11.4. The minimum atomic E-state index is -1.26. The molecule has 0 aromatic heterocycles. The molecule has 2 N–H and O–H groups in total. The zero-order chi connectivity index (χ0) is 27.2. The number of aryl methyl sites for hydroxylation is 1. The fraction of sp³-hybridized carbons (Fsp3) is 0.290. The van der Waals surface area contributed by atoms with Crippen LogP contribution >= 0.6 is 0 Å². The van der Waals surface area contributed by atoms with E-state index in [0.29, 0.717) is 18.3 Å². The predicted molar refractivity (Wildman–Crippen MR) is 150 cm³/mol. The fourth-order valence-electron chi connectivity index (χ4n) is 4.35. The lowest BCUT2D eigenvalue weighted by Gasteiger charge is -2.33. The van der Waals surface area contributed by atoms with Crippen LogP contribution < -0.4 is 9.64 Å². The number of anilines is 2. The van der Waals surface area contributed by atoms with Crippen LogP contribution in [0.1, 0.15) is 24.8 Å². The quantitative estimate of drug-likeness (QED) is 0.330. The van der Waals surface area contributed by atoms with Crippen LogP contribution in [0.15, 0.2) is 97.1 Å². The summed E-state index contributed by atoms with van der Waals surface area (Å²) in [4.78, 5) is 24.1. The van der Waals surface area contributed by atoms with E-state index in [4.69, 9.17) is 14.9 Å². The number of aliphatic carboxylic acids is 2. The summed E-state index contributed by atoms with van der Waals surface area (Å²) in [7, 11) is 0. The highest BCUT2D eigenvalue weighted by Crippen LogP contribution is 2.25.